The molecule has 1 amide bonds. The van der Waals surface area contributed by atoms with Gasteiger partial charge in [-0.25, -0.2) is 13.1 Å². The van der Waals surface area contributed by atoms with E-state index in [-0.39, 0.29) is 22.8 Å². The van der Waals surface area contributed by atoms with Crippen molar-refractivity contribution < 1.29 is 22.7 Å². The summed E-state index contributed by atoms with van der Waals surface area (Å²) in [5.41, 5.74) is 0.715. The van der Waals surface area contributed by atoms with Crippen LogP contribution in [0.15, 0.2) is 59.6 Å². The van der Waals surface area contributed by atoms with Gasteiger partial charge in [0.25, 0.3) is 15.9 Å². The second-order valence-electron chi connectivity index (χ2n) is 6.76. The lowest BCUT2D eigenvalue weighted by molar-refractivity contribution is -0.145. The van der Waals surface area contributed by atoms with Crippen molar-refractivity contribution in [2.75, 3.05) is 23.3 Å². The molecule has 0 aliphatic rings. The van der Waals surface area contributed by atoms with E-state index in [1.54, 1.807) is 30.3 Å². The van der Waals surface area contributed by atoms with E-state index in [0.29, 0.717) is 23.9 Å². The Bertz CT molecular complexity index is 1180. The lowest BCUT2D eigenvalue weighted by Gasteiger charge is -2.16. The minimum atomic E-state index is -3.87. The Morgan fingerprint density at radius 2 is 1.79 bits per heavy atom. The van der Waals surface area contributed by atoms with Crippen LogP contribution >= 0.6 is 11.6 Å². The number of hydrogen-bond donors (Lipinski definition) is 2. The molecule has 0 saturated carbocycles. The fraction of sp³-hybridized carbons (Fsp3) is 0.286. The van der Waals surface area contributed by atoms with Crippen LogP contribution in [0.5, 0.6) is 0 Å². The zero-order valence-electron chi connectivity index (χ0n) is 18.1. The van der Waals surface area contributed by atoms with Crippen LogP contribution in [0, 0.1) is 0 Å². The molecule has 0 saturated heterocycles. The predicted molar refractivity (Wildman–Crippen MR) is 124 cm³/mol. The molecule has 33 heavy (non-hydrogen) atoms. The fourth-order valence-electron chi connectivity index (χ4n) is 2.84. The van der Waals surface area contributed by atoms with E-state index in [0.717, 1.165) is 0 Å². The summed E-state index contributed by atoms with van der Waals surface area (Å²) in [6.07, 6.45) is 0.955. The van der Waals surface area contributed by atoms with E-state index in [4.69, 9.17) is 21.1 Å². The van der Waals surface area contributed by atoms with Gasteiger partial charge in [0.2, 0.25) is 0 Å². The monoisotopic (exact) mass is 493 g/mol. The summed E-state index contributed by atoms with van der Waals surface area (Å²) in [4.78, 5) is 12.6. The molecule has 3 rings (SSSR count). The summed E-state index contributed by atoms with van der Waals surface area (Å²) in [5.74, 6) is -0.536. The van der Waals surface area contributed by atoms with Crippen LogP contribution in [0.25, 0.3) is 0 Å². The maximum Gasteiger partial charge on any atom is 0.277 e. The zero-order chi connectivity index (χ0) is 23.8. The molecule has 176 valence electrons. The third-order valence-corrected chi connectivity index (χ3v) is 5.94. The Kier molecular flexibility index (Phi) is 8.39. The number of carbonyl (C=O) groups excluding carboxylic acids is 1. The molecular weight excluding hydrogens is 470 g/mol. The number of hydrogen-bond acceptors (Lipinski definition) is 7. The minimum absolute atomic E-state index is 0.0184. The number of rotatable bonds is 11. The van der Waals surface area contributed by atoms with Crippen LogP contribution in [-0.2, 0) is 26.0 Å². The Labute approximate surface area is 196 Å². The summed E-state index contributed by atoms with van der Waals surface area (Å²) in [7, 11) is -3.87. The van der Waals surface area contributed by atoms with Crippen LogP contribution in [0.2, 0.25) is 5.02 Å². The summed E-state index contributed by atoms with van der Waals surface area (Å²) < 4.78 is 40.2. The molecule has 3 aromatic rings. The van der Waals surface area contributed by atoms with Gasteiger partial charge in [0.05, 0.1) is 17.6 Å². The summed E-state index contributed by atoms with van der Waals surface area (Å²) in [6, 6.07) is 12.1. The van der Waals surface area contributed by atoms with Gasteiger partial charge in [-0.05, 0) is 56.3 Å². The van der Waals surface area contributed by atoms with Crippen molar-refractivity contribution in [2.45, 2.75) is 31.6 Å². The lowest BCUT2D eigenvalue weighted by Crippen LogP contribution is -2.24. The molecular formula is C21H24ClN5O5S. The quantitative estimate of drug-likeness (QED) is 0.392. The molecule has 12 heteroatoms. The standard InChI is InChI=1S/C21H24ClN5O5S/c1-3-31-20(32-4-2)14-27-13-19(24-26-27)21(28)23-17-6-5-7-18(12-17)33(29,30)25-16-10-8-15(22)9-11-16/h5-13,20,25H,3-4,14H2,1-2H3,(H,23,28). The highest BCUT2D eigenvalue weighted by molar-refractivity contribution is 7.92. The van der Waals surface area contributed by atoms with Crippen LogP contribution in [-0.4, -0.2) is 48.8 Å². The van der Waals surface area contributed by atoms with Crippen molar-refractivity contribution in [3.63, 3.8) is 0 Å². The first kappa shape index (κ1) is 24.6. The first-order valence-corrected chi connectivity index (χ1v) is 12.0. The number of ether oxygens (including phenoxy) is 2. The van der Waals surface area contributed by atoms with Gasteiger partial charge in [-0.2, -0.15) is 0 Å². The van der Waals surface area contributed by atoms with Gasteiger partial charge >= 0.3 is 0 Å². The number of carbonyl (C=O) groups is 1. The minimum Gasteiger partial charge on any atom is -0.351 e. The number of anilines is 2. The van der Waals surface area contributed by atoms with Crippen molar-refractivity contribution in [1.82, 2.24) is 15.0 Å². The molecule has 0 unspecified atom stereocenters. The van der Waals surface area contributed by atoms with Crippen molar-refractivity contribution in [1.29, 1.82) is 0 Å². The van der Waals surface area contributed by atoms with E-state index < -0.39 is 22.2 Å². The maximum absolute atomic E-state index is 12.7. The Balaban J connectivity index is 1.68. The van der Waals surface area contributed by atoms with Gasteiger partial charge in [0, 0.05) is 29.6 Å². The van der Waals surface area contributed by atoms with Crippen molar-refractivity contribution in [2.24, 2.45) is 0 Å². The maximum atomic E-state index is 12.7. The number of aromatic nitrogens is 3. The average Bonchev–Trinajstić information content (AvgIpc) is 3.24. The van der Waals surface area contributed by atoms with E-state index in [1.807, 2.05) is 13.8 Å². The van der Waals surface area contributed by atoms with Gasteiger partial charge in [0.1, 0.15) is 0 Å². The highest BCUT2D eigenvalue weighted by atomic mass is 35.5. The highest BCUT2D eigenvalue weighted by Gasteiger charge is 2.18. The Morgan fingerprint density at radius 1 is 1.09 bits per heavy atom. The van der Waals surface area contributed by atoms with Gasteiger partial charge in [-0.1, -0.05) is 22.9 Å². The highest BCUT2D eigenvalue weighted by Crippen LogP contribution is 2.21. The SMILES string of the molecule is CCOC(Cn1cc(C(=O)Nc2cccc(S(=O)(=O)Nc3ccc(Cl)cc3)c2)nn1)OCC. The summed E-state index contributed by atoms with van der Waals surface area (Å²) in [6.45, 7) is 4.92. The average molecular weight is 494 g/mol. The molecule has 0 atom stereocenters. The molecule has 0 bridgehead atoms. The Morgan fingerprint density at radius 3 is 2.45 bits per heavy atom. The van der Waals surface area contributed by atoms with Gasteiger partial charge in [0.15, 0.2) is 12.0 Å². The van der Waals surface area contributed by atoms with Gasteiger partial charge in [-0.15, -0.1) is 5.10 Å². The van der Waals surface area contributed by atoms with E-state index >= 15 is 0 Å². The molecule has 0 fully saturated rings. The smallest absolute Gasteiger partial charge is 0.277 e. The van der Waals surface area contributed by atoms with E-state index in [9.17, 15) is 13.2 Å². The van der Waals surface area contributed by atoms with Gasteiger partial charge in [-0.3, -0.25) is 9.52 Å². The largest absolute Gasteiger partial charge is 0.351 e. The molecule has 1 aromatic heterocycles. The molecule has 0 aliphatic heterocycles. The van der Waals surface area contributed by atoms with E-state index in [1.165, 1.54) is 29.1 Å². The van der Waals surface area contributed by atoms with Crippen LogP contribution in [0.3, 0.4) is 0 Å². The number of nitrogens with one attached hydrogen (secondary N) is 2. The third-order valence-electron chi connectivity index (χ3n) is 4.31. The summed E-state index contributed by atoms with van der Waals surface area (Å²) in [5, 5.41) is 10.9. The molecule has 0 radical (unpaired) electrons. The van der Waals surface area contributed by atoms with E-state index in [2.05, 4.69) is 20.4 Å². The molecule has 0 spiro atoms. The molecule has 2 N–H and O–H groups in total. The number of halogens is 1. The van der Waals surface area contributed by atoms with Crippen molar-refractivity contribution >= 4 is 38.9 Å². The number of amides is 1. The van der Waals surface area contributed by atoms with Crippen LogP contribution < -0.4 is 10.0 Å². The van der Waals surface area contributed by atoms with Crippen molar-refractivity contribution in [3.05, 3.63) is 65.4 Å². The first-order chi connectivity index (χ1) is 15.8. The third kappa shape index (κ3) is 6.99. The van der Waals surface area contributed by atoms with Crippen LogP contribution in [0.4, 0.5) is 11.4 Å². The normalized spacial score (nSPS) is 11.5. The molecule has 0 aliphatic carbocycles. The second kappa shape index (κ2) is 11.2. The van der Waals surface area contributed by atoms with Gasteiger partial charge < -0.3 is 14.8 Å². The fourth-order valence-corrected chi connectivity index (χ4v) is 4.07. The van der Waals surface area contributed by atoms with Crippen molar-refractivity contribution in [3.8, 4) is 0 Å². The van der Waals surface area contributed by atoms with Crippen LogP contribution in [0.1, 0.15) is 24.3 Å². The number of nitrogens with zero attached hydrogens (tertiary/aromatic N) is 3. The molecule has 10 nitrogen and oxygen atoms in total. The zero-order valence-corrected chi connectivity index (χ0v) is 19.6. The molecule has 1 heterocycles. The Hall–Kier alpha value is -2.99. The number of sulfonamides is 1. The molecule has 2 aromatic carbocycles. The second-order valence-corrected chi connectivity index (χ2v) is 8.88. The summed E-state index contributed by atoms with van der Waals surface area (Å²) >= 11 is 5.83. The first-order valence-electron chi connectivity index (χ1n) is 10.1. The predicted octanol–water partition coefficient (Wildman–Crippen LogP) is 3.38. The topological polar surface area (TPSA) is 124 Å². The number of benzene rings is 2. The lowest BCUT2D eigenvalue weighted by atomic mass is 10.3.